The van der Waals surface area contributed by atoms with Crippen LogP contribution in [0, 0.1) is 5.82 Å². The highest BCUT2D eigenvalue weighted by Crippen LogP contribution is 2.27. The summed E-state index contributed by atoms with van der Waals surface area (Å²) in [6, 6.07) is 12.8. The van der Waals surface area contributed by atoms with E-state index >= 15 is 0 Å². The minimum absolute atomic E-state index is 0.00714. The van der Waals surface area contributed by atoms with Crippen molar-refractivity contribution in [3.05, 3.63) is 64.4 Å². The van der Waals surface area contributed by atoms with E-state index in [2.05, 4.69) is 22.3 Å². The molecule has 2 aromatic rings. The topological polar surface area (TPSA) is 15.3 Å². The quantitative estimate of drug-likeness (QED) is 0.860. The van der Waals surface area contributed by atoms with Crippen molar-refractivity contribution in [2.75, 3.05) is 19.4 Å². The molecule has 0 aromatic heterocycles. The van der Waals surface area contributed by atoms with Crippen LogP contribution in [-0.4, -0.2) is 19.0 Å². The molecule has 0 saturated carbocycles. The van der Waals surface area contributed by atoms with E-state index in [0.717, 1.165) is 17.8 Å². The summed E-state index contributed by atoms with van der Waals surface area (Å²) >= 11 is 6.10. The van der Waals surface area contributed by atoms with Crippen LogP contribution < -0.4 is 5.32 Å². The summed E-state index contributed by atoms with van der Waals surface area (Å²) < 4.78 is 13.1. The van der Waals surface area contributed by atoms with Crippen molar-refractivity contribution >= 4 is 17.3 Å². The fourth-order valence-corrected chi connectivity index (χ4v) is 2.64. The smallest absolute Gasteiger partial charge is 0.124 e. The molecule has 0 aliphatic carbocycles. The second kappa shape index (κ2) is 6.92. The molecule has 0 fully saturated rings. The highest BCUT2D eigenvalue weighted by atomic mass is 35.5. The van der Waals surface area contributed by atoms with E-state index in [1.807, 2.05) is 33.2 Å². The average molecular weight is 307 g/mol. The van der Waals surface area contributed by atoms with Crippen LogP contribution in [-0.2, 0) is 6.54 Å². The lowest BCUT2D eigenvalue weighted by molar-refractivity contribution is 0.402. The summed E-state index contributed by atoms with van der Waals surface area (Å²) in [5.74, 6) is -0.316. The van der Waals surface area contributed by atoms with Gasteiger partial charge in [-0.25, -0.2) is 4.39 Å². The highest BCUT2D eigenvalue weighted by molar-refractivity contribution is 6.31. The first kappa shape index (κ1) is 15.8. The van der Waals surface area contributed by atoms with Crippen molar-refractivity contribution in [1.29, 1.82) is 0 Å². The Kier molecular flexibility index (Phi) is 5.21. The lowest BCUT2D eigenvalue weighted by atomic mass is 10.1. The van der Waals surface area contributed by atoms with Crippen molar-refractivity contribution in [3.63, 3.8) is 0 Å². The first-order valence-corrected chi connectivity index (χ1v) is 7.28. The third-order valence-corrected chi connectivity index (χ3v) is 3.57. The molecule has 0 amide bonds. The monoisotopic (exact) mass is 306 g/mol. The number of hydrogen-bond acceptors (Lipinski definition) is 2. The van der Waals surface area contributed by atoms with Crippen LogP contribution in [0.2, 0.25) is 5.02 Å². The van der Waals surface area contributed by atoms with Crippen LogP contribution in [0.15, 0.2) is 42.5 Å². The van der Waals surface area contributed by atoms with E-state index < -0.39 is 0 Å². The Balaban J connectivity index is 2.13. The molecule has 0 aliphatic rings. The molecule has 0 radical (unpaired) electrons. The number of nitrogens with one attached hydrogen (secondary N) is 1. The fourth-order valence-electron chi connectivity index (χ4n) is 2.31. The van der Waals surface area contributed by atoms with E-state index in [1.165, 1.54) is 17.7 Å². The Morgan fingerprint density at radius 3 is 2.62 bits per heavy atom. The van der Waals surface area contributed by atoms with Gasteiger partial charge in [0.2, 0.25) is 0 Å². The van der Waals surface area contributed by atoms with E-state index in [1.54, 1.807) is 6.07 Å². The number of hydrogen-bond donors (Lipinski definition) is 1. The van der Waals surface area contributed by atoms with Crippen LogP contribution in [0.5, 0.6) is 0 Å². The van der Waals surface area contributed by atoms with Gasteiger partial charge in [0.15, 0.2) is 0 Å². The van der Waals surface area contributed by atoms with Crippen molar-refractivity contribution in [3.8, 4) is 0 Å². The predicted molar refractivity (Wildman–Crippen MR) is 87.3 cm³/mol. The Morgan fingerprint density at radius 2 is 1.95 bits per heavy atom. The molecule has 4 heteroatoms. The van der Waals surface area contributed by atoms with Gasteiger partial charge in [-0.05, 0) is 56.4 Å². The second-order valence-electron chi connectivity index (χ2n) is 5.47. The average Bonchev–Trinajstić information content (AvgIpc) is 2.37. The summed E-state index contributed by atoms with van der Waals surface area (Å²) in [5, 5.41) is 3.85. The minimum Gasteiger partial charge on any atom is -0.378 e. The number of rotatable bonds is 5. The third-order valence-electron chi connectivity index (χ3n) is 3.24. The van der Waals surface area contributed by atoms with Gasteiger partial charge in [-0.15, -0.1) is 0 Å². The number of nitrogens with zero attached hydrogens (tertiary/aromatic N) is 1. The SMILES string of the molecule is CC(Nc1cccc(CN(C)C)c1)c1ccc(F)cc1Cl. The van der Waals surface area contributed by atoms with E-state index in [0.29, 0.717) is 5.02 Å². The number of halogens is 2. The molecule has 112 valence electrons. The largest absolute Gasteiger partial charge is 0.378 e. The molecule has 0 aliphatic heterocycles. The van der Waals surface area contributed by atoms with Crippen molar-refractivity contribution in [1.82, 2.24) is 4.90 Å². The Morgan fingerprint density at radius 1 is 1.19 bits per heavy atom. The van der Waals surface area contributed by atoms with Gasteiger partial charge in [-0.3, -0.25) is 0 Å². The second-order valence-corrected chi connectivity index (χ2v) is 5.88. The fraction of sp³-hybridized carbons (Fsp3) is 0.294. The molecule has 2 aromatic carbocycles. The molecule has 2 rings (SSSR count). The van der Waals surface area contributed by atoms with Crippen LogP contribution in [0.25, 0.3) is 0 Å². The summed E-state index contributed by atoms with van der Waals surface area (Å²) in [6.07, 6.45) is 0. The van der Waals surface area contributed by atoms with Gasteiger partial charge in [-0.1, -0.05) is 29.8 Å². The zero-order chi connectivity index (χ0) is 15.4. The first-order valence-electron chi connectivity index (χ1n) is 6.91. The summed E-state index contributed by atoms with van der Waals surface area (Å²) in [7, 11) is 4.09. The van der Waals surface area contributed by atoms with Crippen LogP contribution in [0.1, 0.15) is 24.1 Å². The Labute approximate surface area is 130 Å². The van der Waals surface area contributed by atoms with Gasteiger partial charge < -0.3 is 10.2 Å². The molecule has 21 heavy (non-hydrogen) atoms. The van der Waals surface area contributed by atoms with Crippen LogP contribution >= 0.6 is 11.6 Å². The molecule has 1 N–H and O–H groups in total. The number of benzene rings is 2. The summed E-state index contributed by atoms with van der Waals surface area (Å²) in [6.45, 7) is 2.90. The lowest BCUT2D eigenvalue weighted by Gasteiger charge is -2.18. The van der Waals surface area contributed by atoms with Crippen LogP contribution in [0.3, 0.4) is 0 Å². The lowest BCUT2D eigenvalue weighted by Crippen LogP contribution is -2.11. The van der Waals surface area contributed by atoms with Gasteiger partial charge >= 0.3 is 0 Å². The third kappa shape index (κ3) is 4.45. The van der Waals surface area contributed by atoms with Crippen molar-refractivity contribution < 1.29 is 4.39 Å². The zero-order valence-corrected chi connectivity index (χ0v) is 13.3. The summed E-state index contributed by atoms with van der Waals surface area (Å²) in [5.41, 5.74) is 3.15. The van der Waals surface area contributed by atoms with Crippen molar-refractivity contribution in [2.45, 2.75) is 19.5 Å². The molecule has 1 atom stereocenters. The summed E-state index contributed by atoms with van der Waals surface area (Å²) in [4.78, 5) is 2.12. The maximum Gasteiger partial charge on any atom is 0.124 e. The molecule has 0 heterocycles. The zero-order valence-electron chi connectivity index (χ0n) is 12.5. The molecule has 0 spiro atoms. The van der Waals surface area contributed by atoms with Gasteiger partial charge in [0.25, 0.3) is 0 Å². The Bertz CT molecular complexity index is 613. The van der Waals surface area contributed by atoms with E-state index in [4.69, 9.17) is 11.6 Å². The predicted octanol–water partition coefficient (Wildman–Crippen LogP) is 4.71. The Hall–Kier alpha value is -1.58. The molecular formula is C17H20ClFN2. The van der Waals surface area contributed by atoms with Crippen LogP contribution in [0.4, 0.5) is 10.1 Å². The molecule has 1 unspecified atom stereocenters. The highest BCUT2D eigenvalue weighted by Gasteiger charge is 2.10. The maximum absolute atomic E-state index is 13.1. The van der Waals surface area contributed by atoms with E-state index in [9.17, 15) is 4.39 Å². The standard InChI is InChI=1S/C17H20ClFN2/c1-12(16-8-7-14(19)10-17(16)18)20-15-6-4-5-13(9-15)11-21(2)3/h4-10,12,20H,11H2,1-3H3. The van der Waals surface area contributed by atoms with Gasteiger partial charge in [0.05, 0.1) is 0 Å². The minimum atomic E-state index is -0.316. The first-order chi connectivity index (χ1) is 9.95. The van der Waals surface area contributed by atoms with Gasteiger partial charge in [0.1, 0.15) is 5.82 Å². The molecule has 0 saturated heterocycles. The molecule has 2 nitrogen and oxygen atoms in total. The van der Waals surface area contributed by atoms with Gasteiger partial charge in [-0.2, -0.15) is 0 Å². The normalized spacial score (nSPS) is 12.5. The molecule has 0 bridgehead atoms. The maximum atomic E-state index is 13.1. The van der Waals surface area contributed by atoms with E-state index in [-0.39, 0.29) is 11.9 Å². The molecular weight excluding hydrogens is 287 g/mol. The number of anilines is 1. The van der Waals surface area contributed by atoms with Crippen molar-refractivity contribution in [2.24, 2.45) is 0 Å². The van der Waals surface area contributed by atoms with Gasteiger partial charge in [0, 0.05) is 23.3 Å².